The molecule has 1 fully saturated rings. The second-order valence-corrected chi connectivity index (χ2v) is 5.49. The van der Waals surface area contributed by atoms with Crippen molar-refractivity contribution in [3.63, 3.8) is 0 Å². The van der Waals surface area contributed by atoms with Gasteiger partial charge in [0, 0.05) is 18.6 Å². The molecule has 1 aromatic rings. The number of methoxy groups -OCH3 is 1. The average molecular weight is 249 g/mol. The molecule has 3 atom stereocenters. The van der Waals surface area contributed by atoms with Crippen LogP contribution in [0.15, 0.2) is 18.2 Å². The summed E-state index contributed by atoms with van der Waals surface area (Å²) in [6, 6.07) is 6.62. The van der Waals surface area contributed by atoms with E-state index in [1.54, 1.807) is 13.2 Å². The van der Waals surface area contributed by atoms with Crippen LogP contribution in [0.5, 0.6) is 11.5 Å². The fourth-order valence-electron chi connectivity index (χ4n) is 3.02. The van der Waals surface area contributed by atoms with Crippen molar-refractivity contribution in [2.24, 2.45) is 5.92 Å². The van der Waals surface area contributed by atoms with Crippen molar-refractivity contribution in [2.75, 3.05) is 13.7 Å². The summed E-state index contributed by atoms with van der Waals surface area (Å²) < 4.78 is 5.18. The summed E-state index contributed by atoms with van der Waals surface area (Å²) in [5.41, 5.74) is 1.20. The van der Waals surface area contributed by atoms with Gasteiger partial charge in [-0.15, -0.1) is 0 Å². The van der Waals surface area contributed by atoms with Crippen LogP contribution in [-0.2, 0) is 0 Å². The molecule has 1 aliphatic rings. The first kappa shape index (κ1) is 13.2. The minimum Gasteiger partial charge on any atom is -0.504 e. The Kier molecular flexibility index (Phi) is 3.81. The SMILES string of the molecule is COc1cc(C(C)N2CC(C)CC2C)ccc1O. The Balaban J connectivity index is 2.20. The molecule has 1 aliphatic heterocycles. The van der Waals surface area contributed by atoms with Crippen molar-refractivity contribution < 1.29 is 9.84 Å². The van der Waals surface area contributed by atoms with Crippen LogP contribution in [0, 0.1) is 5.92 Å². The molecular weight excluding hydrogens is 226 g/mol. The number of phenols is 1. The Bertz CT molecular complexity index is 419. The molecule has 1 N–H and O–H groups in total. The van der Waals surface area contributed by atoms with E-state index in [1.165, 1.54) is 12.0 Å². The van der Waals surface area contributed by atoms with Gasteiger partial charge in [0.2, 0.25) is 0 Å². The van der Waals surface area contributed by atoms with E-state index in [-0.39, 0.29) is 5.75 Å². The third-order valence-electron chi connectivity index (χ3n) is 4.02. The smallest absolute Gasteiger partial charge is 0.160 e. The van der Waals surface area contributed by atoms with Crippen molar-refractivity contribution >= 4 is 0 Å². The van der Waals surface area contributed by atoms with Crippen LogP contribution in [0.4, 0.5) is 0 Å². The number of hydrogen-bond donors (Lipinski definition) is 1. The van der Waals surface area contributed by atoms with E-state index >= 15 is 0 Å². The second kappa shape index (κ2) is 5.19. The molecule has 2 rings (SSSR count). The van der Waals surface area contributed by atoms with Gasteiger partial charge in [0.1, 0.15) is 0 Å². The van der Waals surface area contributed by atoms with E-state index in [9.17, 15) is 5.11 Å². The number of benzene rings is 1. The molecule has 1 heterocycles. The molecule has 3 nitrogen and oxygen atoms in total. The molecule has 3 heteroatoms. The predicted octanol–water partition coefficient (Wildman–Crippen LogP) is 3.19. The van der Waals surface area contributed by atoms with Gasteiger partial charge in [-0.05, 0) is 43.9 Å². The van der Waals surface area contributed by atoms with Crippen LogP contribution >= 0.6 is 0 Å². The van der Waals surface area contributed by atoms with Gasteiger partial charge in [-0.3, -0.25) is 4.90 Å². The normalized spacial score (nSPS) is 26.2. The summed E-state index contributed by atoms with van der Waals surface area (Å²) in [7, 11) is 1.59. The lowest BCUT2D eigenvalue weighted by molar-refractivity contribution is 0.201. The van der Waals surface area contributed by atoms with Gasteiger partial charge >= 0.3 is 0 Å². The molecule has 0 aromatic heterocycles. The molecule has 0 saturated carbocycles. The minimum absolute atomic E-state index is 0.205. The molecule has 0 spiro atoms. The standard InChI is InChI=1S/C15H23NO2/c1-10-7-11(2)16(9-10)12(3)13-5-6-14(17)15(8-13)18-4/h5-6,8,10-12,17H,7,9H2,1-4H3. The third kappa shape index (κ3) is 2.46. The van der Waals surface area contributed by atoms with Crippen molar-refractivity contribution in [2.45, 2.75) is 39.3 Å². The lowest BCUT2D eigenvalue weighted by Gasteiger charge is -2.29. The van der Waals surface area contributed by atoms with E-state index < -0.39 is 0 Å². The van der Waals surface area contributed by atoms with Crippen LogP contribution in [0.25, 0.3) is 0 Å². The maximum atomic E-state index is 9.64. The predicted molar refractivity (Wildman–Crippen MR) is 73.0 cm³/mol. The van der Waals surface area contributed by atoms with E-state index in [1.807, 2.05) is 12.1 Å². The Morgan fingerprint density at radius 1 is 1.39 bits per heavy atom. The van der Waals surface area contributed by atoms with Gasteiger partial charge in [-0.25, -0.2) is 0 Å². The number of nitrogens with zero attached hydrogens (tertiary/aromatic N) is 1. The first-order valence-electron chi connectivity index (χ1n) is 6.65. The average Bonchev–Trinajstić information content (AvgIpc) is 2.68. The number of likely N-dealkylation sites (tertiary alicyclic amines) is 1. The lowest BCUT2D eigenvalue weighted by Crippen LogP contribution is -2.30. The molecular formula is C15H23NO2. The zero-order valence-corrected chi connectivity index (χ0v) is 11.7. The number of aromatic hydroxyl groups is 1. The van der Waals surface area contributed by atoms with Gasteiger partial charge < -0.3 is 9.84 Å². The van der Waals surface area contributed by atoms with E-state index in [4.69, 9.17) is 4.74 Å². The Labute approximate surface area is 109 Å². The van der Waals surface area contributed by atoms with Gasteiger partial charge in [0.25, 0.3) is 0 Å². The fraction of sp³-hybridized carbons (Fsp3) is 0.600. The lowest BCUT2D eigenvalue weighted by atomic mass is 10.1. The first-order valence-corrected chi connectivity index (χ1v) is 6.65. The van der Waals surface area contributed by atoms with Crippen molar-refractivity contribution in [1.29, 1.82) is 0 Å². The van der Waals surface area contributed by atoms with Crippen LogP contribution in [-0.4, -0.2) is 29.7 Å². The monoisotopic (exact) mass is 249 g/mol. The van der Waals surface area contributed by atoms with Gasteiger partial charge in [-0.1, -0.05) is 13.0 Å². The van der Waals surface area contributed by atoms with E-state index in [0.29, 0.717) is 17.8 Å². The summed E-state index contributed by atoms with van der Waals surface area (Å²) in [6.45, 7) is 7.96. The second-order valence-electron chi connectivity index (χ2n) is 5.49. The van der Waals surface area contributed by atoms with Crippen LogP contribution in [0.1, 0.15) is 38.8 Å². The maximum Gasteiger partial charge on any atom is 0.160 e. The Morgan fingerprint density at radius 2 is 2.11 bits per heavy atom. The molecule has 1 aromatic carbocycles. The summed E-state index contributed by atoms with van der Waals surface area (Å²) >= 11 is 0. The zero-order chi connectivity index (χ0) is 13.3. The Hall–Kier alpha value is -1.22. The molecule has 0 bridgehead atoms. The fourth-order valence-corrected chi connectivity index (χ4v) is 3.02. The van der Waals surface area contributed by atoms with Gasteiger partial charge in [-0.2, -0.15) is 0 Å². The maximum absolute atomic E-state index is 9.64. The highest BCUT2D eigenvalue weighted by Gasteiger charge is 2.30. The third-order valence-corrected chi connectivity index (χ3v) is 4.02. The minimum atomic E-state index is 0.205. The highest BCUT2D eigenvalue weighted by Crippen LogP contribution is 2.35. The molecule has 18 heavy (non-hydrogen) atoms. The zero-order valence-electron chi connectivity index (χ0n) is 11.7. The van der Waals surface area contributed by atoms with Gasteiger partial charge in [0.05, 0.1) is 7.11 Å². The van der Waals surface area contributed by atoms with Crippen molar-refractivity contribution in [1.82, 2.24) is 4.90 Å². The molecule has 0 radical (unpaired) electrons. The van der Waals surface area contributed by atoms with Crippen LogP contribution in [0.3, 0.4) is 0 Å². The van der Waals surface area contributed by atoms with Crippen LogP contribution < -0.4 is 4.74 Å². The Morgan fingerprint density at radius 3 is 2.67 bits per heavy atom. The molecule has 100 valence electrons. The molecule has 3 unspecified atom stereocenters. The van der Waals surface area contributed by atoms with Crippen molar-refractivity contribution in [3.8, 4) is 11.5 Å². The number of phenolic OH excluding ortho intramolecular Hbond substituents is 1. The van der Waals surface area contributed by atoms with Crippen molar-refractivity contribution in [3.05, 3.63) is 23.8 Å². The summed E-state index contributed by atoms with van der Waals surface area (Å²) in [5, 5.41) is 9.64. The van der Waals surface area contributed by atoms with E-state index in [0.717, 1.165) is 12.5 Å². The highest BCUT2D eigenvalue weighted by molar-refractivity contribution is 5.42. The highest BCUT2D eigenvalue weighted by atomic mass is 16.5. The summed E-state index contributed by atoms with van der Waals surface area (Å²) in [4.78, 5) is 2.52. The topological polar surface area (TPSA) is 32.7 Å². The number of rotatable bonds is 3. The summed E-state index contributed by atoms with van der Waals surface area (Å²) in [6.07, 6.45) is 1.26. The quantitative estimate of drug-likeness (QED) is 0.893. The largest absolute Gasteiger partial charge is 0.504 e. The van der Waals surface area contributed by atoms with Crippen LogP contribution in [0.2, 0.25) is 0 Å². The molecule has 0 amide bonds. The molecule has 0 aliphatic carbocycles. The first-order chi connectivity index (χ1) is 8.52. The number of hydrogen-bond acceptors (Lipinski definition) is 3. The summed E-state index contributed by atoms with van der Waals surface area (Å²) in [5.74, 6) is 1.52. The van der Waals surface area contributed by atoms with E-state index in [2.05, 4.69) is 25.7 Å². The van der Waals surface area contributed by atoms with Gasteiger partial charge in [0.15, 0.2) is 11.5 Å². The number of ether oxygens (including phenoxy) is 1. The molecule has 1 saturated heterocycles.